The van der Waals surface area contributed by atoms with Crippen LogP contribution in [0.1, 0.15) is 42.4 Å². The maximum absolute atomic E-state index is 11.0. The number of carboxylic acids is 1. The Bertz CT molecular complexity index is 462. The molecule has 1 aromatic rings. The van der Waals surface area contributed by atoms with E-state index in [1.165, 1.54) is 16.7 Å². The van der Waals surface area contributed by atoms with Gasteiger partial charge in [0.15, 0.2) is 0 Å². The highest BCUT2D eigenvalue weighted by atomic mass is 16.4. The summed E-state index contributed by atoms with van der Waals surface area (Å²) in [6.45, 7) is 4.38. The predicted molar refractivity (Wildman–Crippen MR) is 61.6 cm³/mol. The summed E-state index contributed by atoms with van der Waals surface area (Å²) in [5, 5.41) is 9.03. The number of hydrogen-bond acceptors (Lipinski definition) is 1. The molecule has 1 saturated carbocycles. The average molecular weight is 216 g/mol. The standard InChI is InChI=1S/C14H16O2/c1-7(2)8-3-4-10-9(5-8)6-11-12(10)13(11)14(15)16/h3-5,7,11-13H,6H2,1-2H3,(H,15,16)/t11-,12+,13-/m0/s1. The van der Waals surface area contributed by atoms with Crippen LogP contribution in [0.5, 0.6) is 0 Å². The number of rotatable bonds is 2. The van der Waals surface area contributed by atoms with E-state index in [1.807, 2.05) is 0 Å². The number of benzene rings is 1. The van der Waals surface area contributed by atoms with Gasteiger partial charge in [-0.05, 0) is 34.9 Å². The molecule has 0 amide bonds. The van der Waals surface area contributed by atoms with Gasteiger partial charge in [0, 0.05) is 5.92 Å². The smallest absolute Gasteiger partial charge is 0.307 e. The van der Waals surface area contributed by atoms with Crippen molar-refractivity contribution in [3.8, 4) is 0 Å². The number of carbonyl (C=O) groups is 1. The van der Waals surface area contributed by atoms with Crippen LogP contribution in [-0.2, 0) is 11.2 Å². The summed E-state index contributed by atoms with van der Waals surface area (Å²) in [5.41, 5.74) is 4.05. The lowest BCUT2D eigenvalue weighted by Crippen LogP contribution is -2.05. The summed E-state index contributed by atoms with van der Waals surface area (Å²) in [7, 11) is 0. The lowest BCUT2D eigenvalue weighted by Gasteiger charge is -2.10. The van der Waals surface area contributed by atoms with Crippen molar-refractivity contribution in [2.75, 3.05) is 0 Å². The van der Waals surface area contributed by atoms with Crippen molar-refractivity contribution in [3.63, 3.8) is 0 Å². The topological polar surface area (TPSA) is 37.3 Å². The molecule has 0 aliphatic heterocycles. The number of carboxylic acid groups (broad SMARTS) is 1. The second kappa shape index (κ2) is 3.09. The molecule has 0 unspecified atom stereocenters. The first-order chi connectivity index (χ1) is 7.59. The fraction of sp³-hybridized carbons (Fsp3) is 0.500. The van der Waals surface area contributed by atoms with Gasteiger partial charge in [0.25, 0.3) is 0 Å². The fourth-order valence-electron chi connectivity index (χ4n) is 3.13. The largest absolute Gasteiger partial charge is 0.481 e. The molecule has 0 heterocycles. The van der Waals surface area contributed by atoms with Gasteiger partial charge in [-0.15, -0.1) is 0 Å². The molecule has 0 radical (unpaired) electrons. The molecule has 3 rings (SSSR count). The summed E-state index contributed by atoms with van der Waals surface area (Å²) in [6.07, 6.45) is 0.970. The molecule has 1 aromatic carbocycles. The molecule has 0 saturated heterocycles. The third-order valence-corrected chi connectivity index (χ3v) is 4.10. The minimum Gasteiger partial charge on any atom is -0.481 e. The van der Waals surface area contributed by atoms with E-state index in [-0.39, 0.29) is 5.92 Å². The second-order valence-electron chi connectivity index (χ2n) is 5.37. The van der Waals surface area contributed by atoms with E-state index >= 15 is 0 Å². The Morgan fingerprint density at radius 3 is 2.81 bits per heavy atom. The van der Waals surface area contributed by atoms with Crippen molar-refractivity contribution >= 4 is 5.97 Å². The van der Waals surface area contributed by atoms with E-state index in [0.29, 0.717) is 17.8 Å². The van der Waals surface area contributed by atoms with E-state index in [9.17, 15) is 4.79 Å². The highest BCUT2D eigenvalue weighted by Gasteiger charge is 2.59. The fourth-order valence-corrected chi connectivity index (χ4v) is 3.13. The molecule has 2 nitrogen and oxygen atoms in total. The lowest BCUT2D eigenvalue weighted by atomic mass is 9.95. The van der Waals surface area contributed by atoms with Gasteiger partial charge in [0.05, 0.1) is 5.92 Å². The molecule has 2 heteroatoms. The summed E-state index contributed by atoms with van der Waals surface area (Å²) >= 11 is 0. The van der Waals surface area contributed by atoms with Crippen LogP contribution in [0.15, 0.2) is 18.2 Å². The molecule has 16 heavy (non-hydrogen) atoms. The van der Waals surface area contributed by atoms with Gasteiger partial charge in [0.1, 0.15) is 0 Å². The maximum Gasteiger partial charge on any atom is 0.307 e. The Kier molecular flexibility index (Phi) is 1.91. The minimum atomic E-state index is -0.617. The molecule has 3 atom stereocenters. The van der Waals surface area contributed by atoms with Crippen LogP contribution >= 0.6 is 0 Å². The molecular formula is C14H16O2. The zero-order valence-corrected chi connectivity index (χ0v) is 9.60. The Morgan fingerprint density at radius 1 is 1.44 bits per heavy atom. The van der Waals surface area contributed by atoms with Crippen molar-refractivity contribution in [1.29, 1.82) is 0 Å². The summed E-state index contributed by atoms with van der Waals surface area (Å²) in [5.74, 6) is 0.534. The molecule has 2 aliphatic rings. The highest BCUT2D eigenvalue weighted by Crippen LogP contribution is 2.61. The number of hydrogen-bond donors (Lipinski definition) is 1. The normalized spacial score (nSPS) is 30.1. The predicted octanol–water partition coefficient (Wildman–Crippen LogP) is 2.78. The van der Waals surface area contributed by atoms with Gasteiger partial charge < -0.3 is 5.11 Å². The van der Waals surface area contributed by atoms with Crippen molar-refractivity contribution in [2.24, 2.45) is 11.8 Å². The Hall–Kier alpha value is -1.31. The van der Waals surface area contributed by atoms with Gasteiger partial charge in [-0.25, -0.2) is 0 Å². The third kappa shape index (κ3) is 1.22. The van der Waals surface area contributed by atoms with Crippen molar-refractivity contribution in [1.82, 2.24) is 0 Å². The Morgan fingerprint density at radius 2 is 2.19 bits per heavy atom. The molecule has 0 aromatic heterocycles. The molecule has 0 bridgehead atoms. The first-order valence-electron chi connectivity index (χ1n) is 5.95. The van der Waals surface area contributed by atoms with Gasteiger partial charge in [-0.1, -0.05) is 32.0 Å². The van der Waals surface area contributed by atoms with Crippen molar-refractivity contribution < 1.29 is 9.90 Å². The monoisotopic (exact) mass is 216 g/mol. The van der Waals surface area contributed by atoms with Crippen molar-refractivity contribution in [2.45, 2.75) is 32.1 Å². The molecule has 1 N–H and O–H groups in total. The van der Waals surface area contributed by atoms with E-state index in [2.05, 4.69) is 32.0 Å². The zero-order valence-electron chi connectivity index (χ0n) is 9.60. The van der Waals surface area contributed by atoms with E-state index in [1.54, 1.807) is 0 Å². The zero-order chi connectivity index (χ0) is 11.4. The van der Waals surface area contributed by atoms with Crippen LogP contribution in [0, 0.1) is 11.8 Å². The SMILES string of the molecule is CC(C)c1ccc2c(c1)C[C@@H]1[C@H](C(=O)O)[C@H]21. The third-order valence-electron chi connectivity index (χ3n) is 4.10. The van der Waals surface area contributed by atoms with E-state index < -0.39 is 5.97 Å². The van der Waals surface area contributed by atoms with E-state index in [4.69, 9.17) is 5.11 Å². The number of fused-ring (bicyclic) bond motifs is 3. The summed E-state index contributed by atoms with van der Waals surface area (Å²) in [4.78, 5) is 11.0. The van der Waals surface area contributed by atoms with Crippen LogP contribution in [0.4, 0.5) is 0 Å². The van der Waals surface area contributed by atoms with Crippen LogP contribution in [0.2, 0.25) is 0 Å². The van der Waals surface area contributed by atoms with E-state index in [0.717, 1.165) is 6.42 Å². The minimum absolute atomic E-state index is 0.0996. The second-order valence-corrected chi connectivity index (χ2v) is 5.37. The highest BCUT2D eigenvalue weighted by molar-refractivity contribution is 5.77. The van der Waals surface area contributed by atoms with Crippen LogP contribution < -0.4 is 0 Å². The first-order valence-corrected chi connectivity index (χ1v) is 5.95. The van der Waals surface area contributed by atoms with Crippen LogP contribution in [0.3, 0.4) is 0 Å². The number of aliphatic carboxylic acids is 1. The van der Waals surface area contributed by atoms with Crippen LogP contribution in [0.25, 0.3) is 0 Å². The molecule has 84 valence electrons. The van der Waals surface area contributed by atoms with Crippen molar-refractivity contribution in [3.05, 3.63) is 34.9 Å². The quantitative estimate of drug-likeness (QED) is 0.825. The van der Waals surface area contributed by atoms with Crippen LogP contribution in [-0.4, -0.2) is 11.1 Å². The van der Waals surface area contributed by atoms with Gasteiger partial charge in [-0.3, -0.25) is 4.79 Å². The van der Waals surface area contributed by atoms with Gasteiger partial charge in [0.2, 0.25) is 0 Å². The summed E-state index contributed by atoms with van der Waals surface area (Å²) < 4.78 is 0. The average Bonchev–Trinajstić information content (AvgIpc) is 2.82. The molecular weight excluding hydrogens is 200 g/mol. The Labute approximate surface area is 95.3 Å². The van der Waals surface area contributed by atoms with Gasteiger partial charge >= 0.3 is 5.97 Å². The maximum atomic E-state index is 11.0. The molecule has 2 aliphatic carbocycles. The Balaban J connectivity index is 1.92. The first kappa shape index (κ1) is 9.88. The molecule has 0 spiro atoms. The lowest BCUT2D eigenvalue weighted by molar-refractivity contribution is -0.139. The molecule has 1 fully saturated rings. The van der Waals surface area contributed by atoms with Gasteiger partial charge in [-0.2, -0.15) is 0 Å². The summed E-state index contributed by atoms with van der Waals surface area (Å²) in [6, 6.07) is 6.58.